The molecule has 1 rings (SSSR count). The van der Waals surface area contributed by atoms with Crippen molar-refractivity contribution in [2.24, 2.45) is 5.92 Å². The molecule has 0 bridgehead atoms. The number of hydrogen-bond acceptors (Lipinski definition) is 1. The van der Waals surface area contributed by atoms with Gasteiger partial charge in [0.2, 0.25) is 0 Å². The van der Waals surface area contributed by atoms with Crippen molar-refractivity contribution in [3.8, 4) is 0 Å². The van der Waals surface area contributed by atoms with Gasteiger partial charge in [-0.05, 0) is 19.3 Å². The monoisotopic (exact) mass is 172 g/mol. The van der Waals surface area contributed by atoms with Crippen molar-refractivity contribution in [1.82, 2.24) is 0 Å². The Morgan fingerprint density at radius 1 is 1.42 bits per heavy atom. The predicted molar refractivity (Wildman–Crippen MR) is 46.8 cm³/mol. The van der Waals surface area contributed by atoms with Gasteiger partial charge in [0, 0.05) is 0 Å². The van der Waals surface area contributed by atoms with Crippen LogP contribution in [0, 0.1) is 5.92 Å². The van der Waals surface area contributed by atoms with Crippen molar-refractivity contribution < 1.29 is 9.18 Å². The average Bonchev–Trinajstić information content (AvgIpc) is 2.06. The summed E-state index contributed by atoms with van der Waals surface area (Å²) in [6, 6.07) is 0. The molecule has 0 aliphatic heterocycles. The van der Waals surface area contributed by atoms with E-state index in [0.29, 0.717) is 12.3 Å². The lowest BCUT2D eigenvalue weighted by molar-refractivity contribution is -0.122. The Morgan fingerprint density at radius 3 is 2.50 bits per heavy atom. The van der Waals surface area contributed by atoms with Crippen molar-refractivity contribution in [3.63, 3.8) is 0 Å². The summed E-state index contributed by atoms with van der Waals surface area (Å²) in [5, 5.41) is 0. The normalized spacial score (nSPS) is 22.2. The van der Waals surface area contributed by atoms with Crippen LogP contribution in [0.4, 0.5) is 4.39 Å². The van der Waals surface area contributed by atoms with E-state index in [1.54, 1.807) is 0 Å². The summed E-state index contributed by atoms with van der Waals surface area (Å²) in [4.78, 5) is 10.6. The summed E-state index contributed by atoms with van der Waals surface area (Å²) in [5.74, 6) is 0.165. The van der Waals surface area contributed by atoms with Gasteiger partial charge in [-0.25, -0.2) is 4.39 Å². The molecule has 1 nitrogen and oxygen atoms in total. The van der Waals surface area contributed by atoms with Crippen molar-refractivity contribution >= 4 is 5.78 Å². The lowest BCUT2D eigenvalue weighted by atomic mass is 9.85. The zero-order valence-corrected chi connectivity index (χ0v) is 7.68. The van der Waals surface area contributed by atoms with Gasteiger partial charge in [0.05, 0.1) is 0 Å². The molecule has 70 valence electrons. The van der Waals surface area contributed by atoms with Gasteiger partial charge >= 0.3 is 0 Å². The van der Waals surface area contributed by atoms with Crippen molar-refractivity contribution in [2.75, 3.05) is 0 Å². The first kappa shape index (κ1) is 9.69. The van der Waals surface area contributed by atoms with Gasteiger partial charge in [-0.15, -0.1) is 0 Å². The molecule has 0 aromatic heterocycles. The van der Waals surface area contributed by atoms with Crippen LogP contribution in [0.2, 0.25) is 0 Å². The summed E-state index contributed by atoms with van der Waals surface area (Å²) in [5.41, 5.74) is 0. The maximum absolute atomic E-state index is 13.0. The third kappa shape index (κ3) is 2.92. The highest BCUT2D eigenvalue weighted by Gasteiger charge is 2.20. The number of carbonyl (C=O) groups excluding carboxylic acids is 1. The molecule has 0 saturated heterocycles. The maximum atomic E-state index is 13.0. The van der Waals surface area contributed by atoms with E-state index < -0.39 is 6.17 Å². The van der Waals surface area contributed by atoms with E-state index in [1.165, 1.54) is 26.2 Å². The molecule has 12 heavy (non-hydrogen) atoms. The number of carbonyl (C=O) groups is 1. The molecule has 0 spiro atoms. The highest BCUT2D eigenvalue weighted by Crippen LogP contribution is 2.28. The largest absolute Gasteiger partial charge is 0.297 e. The first-order valence-corrected chi connectivity index (χ1v) is 4.84. The molecular formula is C10H17FO. The number of halogens is 1. The number of rotatable bonds is 3. The number of Topliss-reactive ketones (excluding diaryl/α,β-unsaturated/α-hetero) is 1. The SMILES string of the molecule is CC(=O)C(F)CC1CCCCC1. The Kier molecular flexibility index (Phi) is 3.70. The highest BCUT2D eigenvalue weighted by atomic mass is 19.1. The minimum Gasteiger partial charge on any atom is -0.297 e. The van der Waals surface area contributed by atoms with Crippen LogP contribution in [0.5, 0.6) is 0 Å². The maximum Gasteiger partial charge on any atom is 0.163 e. The van der Waals surface area contributed by atoms with Gasteiger partial charge in [0.15, 0.2) is 12.0 Å². The number of hydrogen-bond donors (Lipinski definition) is 0. The van der Waals surface area contributed by atoms with Crippen LogP contribution in [0.25, 0.3) is 0 Å². The van der Waals surface area contributed by atoms with Crippen LogP contribution < -0.4 is 0 Å². The molecule has 0 heterocycles. The lowest BCUT2D eigenvalue weighted by Gasteiger charge is -2.22. The molecule has 1 atom stereocenters. The zero-order valence-electron chi connectivity index (χ0n) is 7.68. The second-order valence-electron chi connectivity index (χ2n) is 3.82. The molecule has 0 aromatic carbocycles. The quantitative estimate of drug-likeness (QED) is 0.639. The summed E-state index contributed by atoms with van der Waals surface area (Å²) >= 11 is 0. The highest BCUT2D eigenvalue weighted by molar-refractivity contribution is 5.80. The van der Waals surface area contributed by atoms with Crippen molar-refractivity contribution in [3.05, 3.63) is 0 Å². The lowest BCUT2D eigenvalue weighted by Crippen LogP contribution is -2.18. The second kappa shape index (κ2) is 4.58. The van der Waals surface area contributed by atoms with E-state index in [9.17, 15) is 9.18 Å². The molecule has 1 saturated carbocycles. The summed E-state index contributed by atoms with van der Waals surface area (Å²) in [6.45, 7) is 1.34. The van der Waals surface area contributed by atoms with Crippen molar-refractivity contribution in [1.29, 1.82) is 0 Å². The number of ketones is 1. The van der Waals surface area contributed by atoms with E-state index in [2.05, 4.69) is 0 Å². The van der Waals surface area contributed by atoms with E-state index in [4.69, 9.17) is 0 Å². The Hall–Kier alpha value is -0.400. The van der Waals surface area contributed by atoms with Gasteiger partial charge < -0.3 is 0 Å². The molecule has 1 unspecified atom stereocenters. The first-order chi connectivity index (χ1) is 5.70. The molecule has 0 aromatic rings. The third-order valence-electron chi connectivity index (χ3n) is 2.71. The van der Waals surface area contributed by atoms with Crippen LogP contribution in [-0.4, -0.2) is 12.0 Å². The fourth-order valence-electron chi connectivity index (χ4n) is 1.88. The van der Waals surface area contributed by atoms with Gasteiger partial charge in [-0.2, -0.15) is 0 Å². The molecule has 1 fully saturated rings. The van der Waals surface area contributed by atoms with Crippen LogP contribution in [0.1, 0.15) is 45.4 Å². The smallest absolute Gasteiger partial charge is 0.163 e. The van der Waals surface area contributed by atoms with Crippen LogP contribution in [0.3, 0.4) is 0 Å². The Morgan fingerprint density at radius 2 is 2.00 bits per heavy atom. The Balaban J connectivity index is 2.24. The number of alkyl halides is 1. The topological polar surface area (TPSA) is 17.1 Å². The molecule has 0 N–H and O–H groups in total. The molecule has 0 radical (unpaired) electrons. The summed E-state index contributed by atoms with van der Waals surface area (Å²) < 4.78 is 13.0. The minimum absolute atomic E-state index is 0.305. The van der Waals surface area contributed by atoms with E-state index in [1.807, 2.05) is 0 Å². The van der Waals surface area contributed by atoms with Gasteiger partial charge in [-0.3, -0.25) is 4.79 Å². The average molecular weight is 172 g/mol. The second-order valence-corrected chi connectivity index (χ2v) is 3.82. The standard InChI is InChI=1S/C10H17FO/c1-8(12)10(11)7-9-5-3-2-4-6-9/h9-10H,2-7H2,1H3. The van der Waals surface area contributed by atoms with E-state index in [0.717, 1.165) is 12.8 Å². The predicted octanol–water partition coefficient (Wildman–Crippen LogP) is 2.88. The molecule has 1 aliphatic rings. The van der Waals surface area contributed by atoms with Crippen LogP contribution >= 0.6 is 0 Å². The molecule has 0 amide bonds. The fourth-order valence-corrected chi connectivity index (χ4v) is 1.88. The van der Waals surface area contributed by atoms with Crippen LogP contribution in [-0.2, 0) is 4.79 Å². The summed E-state index contributed by atoms with van der Waals surface area (Å²) in [7, 11) is 0. The van der Waals surface area contributed by atoms with Gasteiger partial charge in [-0.1, -0.05) is 32.1 Å². The first-order valence-electron chi connectivity index (χ1n) is 4.84. The van der Waals surface area contributed by atoms with E-state index >= 15 is 0 Å². The third-order valence-corrected chi connectivity index (χ3v) is 2.71. The minimum atomic E-state index is -1.20. The molecular weight excluding hydrogens is 155 g/mol. The molecule has 2 heteroatoms. The van der Waals surface area contributed by atoms with E-state index in [-0.39, 0.29) is 5.78 Å². The van der Waals surface area contributed by atoms with Gasteiger partial charge in [0.1, 0.15) is 0 Å². The van der Waals surface area contributed by atoms with Gasteiger partial charge in [0.25, 0.3) is 0 Å². The van der Waals surface area contributed by atoms with Crippen LogP contribution in [0.15, 0.2) is 0 Å². The van der Waals surface area contributed by atoms with Crippen molar-refractivity contribution in [2.45, 2.75) is 51.6 Å². The fraction of sp³-hybridized carbons (Fsp3) is 0.900. The summed E-state index contributed by atoms with van der Waals surface area (Å²) in [6.07, 6.45) is 5.22. The zero-order chi connectivity index (χ0) is 8.97. The Labute approximate surface area is 73.3 Å². The molecule has 1 aliphatic carbocycles. The Bertz CT molecular complexity index is 150.